The molecule has 2 unspecified atom stereocenters. The number of morpholine rings is 1. The lowest BCUT2D eigenvalue weighted by Gasteiger charge is -2.36. The van der Waals surface area contributed by atoms with E-state index < -0.39 is 0 Å². The second-order valence-electron chi connectivity index (χ2n) is 7.90. The minimum atomic E-state index is 0.288. The number of aryl methyl sites for hydroxylation is 1. The molecule has 1 saturated heterocycles. The van der Waals surface area contributed by atoms with E-state index in [2.05, 4.69) is 46.6 Å². The Balaban J connectivity index is 1.49. The molecule has 1 heterocycles. The molecule has 0 saturated carbocycles. The summed E-state index contributed by atoms with van der Waals surface area (Å²) >= 11 is 0. The van der Waals surface area contributed by atoms with Gasteiger partial charge in [-0.25, -0.2) is 0 Å². The Morgan fingerprint density at radius 3 is 2.55 bits per heavy atom. The lowest BCUT2D eigenvalue weighted by Crippen LogP contribution is -2.45. The van der Waals surface area contributed by atoms with Crippen molar-refractivity contribution in [3.05, 3.63) is 59.2 Å². The van der Waals surface area contributed by atoms with Crippen molar-refractivity contribution < 1.29 is 14.2 Å². The number of ether oxygens (including phenoxy) is 3. The lowest BCUT2D eigenvalue weighted by atomic mass is 9.88. The van der Waals surface area contributed by atoms with Gasteiger partial charge in [0.2, 0.25) is 0 Å². The van der Waals surface area contributed by atoms with E-state index in [0.29, 0.717) is 6.04 Å². The Hall–Kier alpha value is -2.08. The smallest absolute Gasteiger partial charge is 0.161 e. The molecule has 4 rings (SSSR count). The van der Waals surface area contributed by atoms with Crippen LogP contribution in [0.5, 0.6) is 11.5 Å². The summed E-state index contributed by atoms with van der Waals surface area (Å²) < 4.78 is 16.6. The molecule has 156 valence electrons. The second-order valence-corrected chi connectivity index (χ2v) is 7.90. The highest BCUT2D eigenvalue weighted by atomic mass is 16.5. The Labute approximate surface area is 174 Å². The fraction of sp³-hybridized carbons (Fsp3) is 0.500. The fourth-order valence-electron chi connectivity index (χ4n) is 4.56. The normalized spacial score (nSPS) is 20.7. The first-order chi connectivity index (χ1) is 14.3. The first-order valence-corrected chi connectivity index (χ1v) is 10.6. The van der Waals surface area contributed by atoms with Gasteiger partial charge in [0.1, 0.15) is 0 Å². The van der Waals surface area contributed by atoms with Crippen LogP contribution in [0, 0.1) is 0 Å². The van der Waals surface area contributed by atoms with E-state index in [1.165, 1.54) is 23.1 Å². The van der Waals surface area contributed by atoms with Gasteiger partial charge in [-0.1, -0.05) is 30.3 Å². The third-order valence-corrected chi connectivity index (χ3v) is 6.23. The van der Waals surface area contributed by atoms with Crippen molar-refractivity contribution in [3.63, 3.8) is 0 Å². The molecule has 5 heteroatoms. The third-order valence-electron chi connectivity index (χ3n) is 6.23. The maximum Gasteiger partial charge on any atom is 0.161 e. The van der Waals surface area contributed by atoms with Crippen molar-refractivity contribution in [3.8, 4) is 11.5 Å². The SMILES string of the molecule is COc1ccc(C(CNC2CCc3ccccc3C2)N2CCOCC2)cc1OC. The summed E-state index contributed by atoms with van der Waals surface area (Å²) in [4.78, 5) is 2.52. The van der Waals surface area contributed by atoms with Gasteiger partial charge in [-0.3, -0.25) is 4.90 Å². The zero-order chi connectivity index (χ0) is 20.1. The first-order valence-electron chi connectivity index (χ1n) is 10.6. The van der Waals surface area contributed by atoms with E-state index in [0.717, 1.165) is 57.2 Å². The molecule has 2 aromatic carbocycles. The monoisotopic (exact) mass is 396 g/mol. The molecular formula is C24H32N2O3. The average molecular weight is 397 g/mol. The second kappa shape index (κ2) is 9.61. The van der Waals surface area contributed by atoms with Crippen LogP contribution in [0.25, 0.3) is 0 Å². The van der Waals surface area contributed by atoms with Gasteiger partial charge in [-0.05, 0) is 48.1 Å². The van der Waals surface area contributed by atoms with E-state index in [9.17, 15) is 0 Å². The number of nitrogens with zero attached hydrogens (tertiary/aromatic N) is 1. The van der Waals surface area contributed by atoms with Gasteiger partial charge in [0.15, 0.2) is 11.5 Å². The van der Waals surface area contributed by atoms with Crippen molar-refractivity contribution >= 4 is 0 Å². The van der Waals surface area contributed by atoms with Crippen molar-refractivity contribution in [2.45, 2.75) is 31.3 Å². The van der Waals surface area contributed by atoms with Crippen molar-refractivity contribution in [1.29, 1.82) is 0 Å². The Morgan fingerprint density at radius 2 is 1.79 bits per heavy atom. The van der Waals surface area contributed by atoms with Gasteiger partial charge in [-0.2, -0.15) is 0 Å². The molecular weight excluding hydrogens is 364 g/mol. The van der Waals surface area contributed by atoms with E-state index in [4.69, 9.17) is 14.2 Å². The van der Waals surface area contributed by atoms with Crippen LogP contribution in [-0.4, -0.2) is 58.0 Å². The molecule has 5 nitrogen and oxygen atoms in total. The average Bonchev–Trinajstić information content (AvgIpc) is 2.79. The largest absolute Gasteiger partial charge is 0.493 e. The van der Waals surface area contributed by atoms with Gasteiger partial charge in [0, 0.05) is 31.7 Å². The van der Waals surface area contributed by atoms with Crippen LogP contribution in [0.15, 0.2) is 42.5 Å². The van der Waals surface area contributed by atoms with Crippen LogP contribution in [0.3, 0.4) is 0 Å². The van der Waals surface area contributed by atoms with Crippen molar-refractivity contribution in [2.75, 3.05) is 47.1 Å². The Morgan fingerprint density at radius 1 is 1.03 bits per heavy atom. The first kappa shape index (κ1) is 20.2. The maximum atomic E-state index is 5.59. The number of methoxy groups -OCH3 is 2. The molecule has 0 amide bonds. The van der Waals surface area contributed by atoms with Crippen LogP contribution in [0.4, 0.5) is 0 Å². The van der Waals surface area contributed by atoms with Crippen LogP contribution in [-0.2, 0) is 17.6 Å². The quantitative estimate of drug-likeness (QED) is 0.778. The topological polar surface area (TPSA) is 43.0 Å². The molecule has 0 aromatic heterocycles. The van der Waals surface area contributed by atoms with Gasteiger partial charge < -0.3 is 19.5 Å². The molecule has 2 aromatic rings. The molecule has 2 aliphatic rings. The zero-order valence-corrected chi connectivity index (χ0v) is 17.5. The molecule has 0 bridgehead atoms. The lowest BCUT2D eigenvalue weighted by molar-refractivity contribution is 0.0155. The minimum absolute atomic E-state index is 0.288. The highest BCUT2D eigenvalue weighted by Gasteiger charge is 2.26. The molecule has 1 aliphatic carbocycles. The van der Waals surface area contributed by atoms with E-state index in [1.807, 2.05) is 6.07 Å². The van der Waals surface area contributed by atoms with E-state index >= 15 is 0 Å². The predicted molar refractivity (Wildman–Crippen MR) is 115 cm³/mol. The van der Waals surface area contributed by atoms with Gasteiger partial charge >= 0.3 is 0 Å². The van der Waals surface area contributed by atoms with Crippen LogP contribution < -0.4 is 14.8 Å². The summed E-state index contributed by atoms with van der Waals surface area (Å²) in [7, 11) is 3.38. The summed E-state index contributed by atoms with van der Waals surface area (Å²) in [5.41, 5.74) is 4.26. The number of rotatable bonds is 7. The maximum absolute atomic E-state index is 5.59. The minimum Gasteiger partial charge on any atom is -0.493 e. The molecule has 1 N–H and O–H groups in total. The standard InChI is InChI=1S/C24H32N2O3/c1-27-23-10-8-20(16-24(23)28-2)22(26-11-13-29-14-12-26)17-25-21-9-7-18-5-3-4-6-19(18)15-21/h3-6,8,10,16,21-22,25H,7,9,11-15,17H2,1-2H3. The van der Waals surface area contributed by atoms with E-state index in [-0.39, 0.29) is 6.04 Å². The molecule has 1 aliphatic heterocycles. The number of hydrogen-bond donors (Lipinski definition) is 1. The molecule has 29 heavy (non-hydrogen) atoms. The number of nitrogens with one attached hydrogen (secondary N) is 1. The summed E-state index contributed by atoms with van der Waals surface area (Å²) in [5.74, 6) is 1.56. The molecule has 0 spiro atoms. The number of fused-ring (bicyclic) bond motifs is 1. The third kappa shape index (κ3) is 4.74. The molecule has 1 fully saturated rings. The highest BCUT2D eigenvalue weighted by molar-refractivity contribution is 5.44. The van der Waals surface area contributed by atoms with Gasteiger partial charge in [-0.15, -0.1) is 0 Å². The summed E-state index contributed by atoms with van der Waals surface area (Å²) in [5, 5.41) is 3.87. The number of benzene rings is 2. The van der Waals surface area contributed by atoms with Crippen LogP contribution >= 0.6 is 0 Å². The summed E-state index contributed by atoms with van der Waals surface area (Å²) in [6.45, 7) is 4.41. The Kier molecular flexibility index (Phi) is 6.70. The highest BCUT2D eigenvalue weighted by Crippen LogP contribution is 2.32. The van der Waals surface area contributed by atoms with Crippen LogP contribution in [0.1, 0.15) is 29.2 Å². The molecule has 0 radical (unpaired) electrons. The fourth-order valence-corrected chi connectivity index (χ4v) is 4.56. The van der Waals surface area contributed by atoms with Crippen LogP contribution in [0.2, 0.25) is 0 Å². The molecule has 2 atom stereocenters. The van der Waals surface area contributed by atoms with Crippen molar-refractivity contribution in [2.24, 2.45) is 0 Å². The van der Waals surface area contributed by atoms with E-state index in [1.54, 1.807) is 14.2 Å². The number of hydrogen-bond acceptors (Lipinski definition) is 5. The van der Waals surface area contributed by atoms with Gasteiger partial charge in [0.05, 0.1) is 27.4 Å². The van der Waals surface area contributed by atoms with Gasteiger partial charge in [0.25, 0.3) is 0 Å². The Bertz CT molecular complexity index is 804. The summed E-state index contributed by atoms with van der Waals surface area (Å²) in [6, 6.07) is 16.0. The van der Waals surface area contributed by atoms with Crippen molar-refractivity contribution in [1.82, 2.24) is 10.2 Å². The zero-order valence-electron chi connectivity index (χ0n) is 17.5. The predicted octanol–water partition coefficient (Wildman–Crippen LogP) is 3.22. The summed E-state index contributed by atoms with van der Waals surface area (Å²) in [6.07, 6.45) is 3.46.